The molecule has 0 aliphatic carbocycles. The lowest BCUT2D eigenvalue weighted by atomic mass is 10.2. The molecule has 0 atom stereocenters. The van der Waals surface area contributed by atoms with E-state index >= 15 is 0 Å². The summed E-state index contributed by atoms with van der Waals surface area (Å²) in [7, 11) is 0. The summed E-state index contributed by atoms with van der Waals surface area (Å²) in [6.45, 7) is 2.31. The highest BCUT2D eigenvalue weighted by molar-refractivity contribution is 5.37. The van der Waals surface area contributed by atoms with Crippen LogP contribution in [0.15, 0.2) is 66.7 Å². The molecule has 0 aliphatic heterocycles. The first-order chi connectivity index (χ1) is 11.7. The summed E-state index contributed by atoms with van der Waals surface area (Å²) in [5.41, 5.74) is 2.32. The minimum Gasteiger partial charge on any atom is -0.489 e. The summed E-state index contributed by atoms with van der Waals surface area (Å²) in [5, 5.41) is 8.92. The van der Waals surface area contributed by atoms with Crippen molar-refractivity contribution in [3.63, 3.8) is 0 Å². The molecule has 4 heteroatoms. The number of ether oxygens (including phenoxy) is 2. The standard InChI is InChI=1S/C20H16N2O2/c1-15-17(13-21)7-12-20(22-15)24-19-10-8-18(9-11-19)23-14-16-5-3-2-4-6-16/h2-12H,14H2,1H3. The molecule has 3 rings (SSSR count). The summed E-state index contributed by atoms with van der Waals surface area (Å²) in [5.74, 6) is 1.90. The van der Waals surface area contributed by atoms with E-state index in [9.17, 15) is 0 Å². The van der Waals surface area contributed by atoms with E-state index in [4.69, 9.17) is 14.7 Å². The Morgan fingerprint density at radius 1 is 0.917 bits per heavy atom. The van der Waals surface area contributed by atoms with Crippen molar-refractivity contribution in [3.05, 3.63) is 83.6 Å². The zero-order chi connectivity index (χ0) is 16.8. The molecule has 0 saturated heterocycles. The number of rotatable bonds is 5. The Balaban J connectivity index is 1.62. The van der Waals surface area contributed by atoms with E-state index in [1.165, 1.54) is 0 Å². The largest absolute Gasteiger partial charge is 0.489 e. The average Bonchev–Trinajstić information content (AvgIpc) is 2.62. The Morgan fingerprint density at radius 2 is 1.62 bits per heavy atom. The Morgan fingerprint density at radius 3 is 2.29 bits per heavy atom. The average molecular weight is 316 g/mol. The molecule has 0 saturated carbocycles. The van der Waals surface area contributed by atoms with Crippen molar-refractivity contribution in [2.45, 2.75) is 13.5 Å². The van der Waals surface area contributed by atoms with E-state index in [1.54, 1.807) is 19.1 Å². The number of nitrogens with zero attached hydrogens (tertiary/aromatic N) is 2. The lowest BCUT2D eigenvalue weighted by molar-refractivity contribution is 0.305. The molecule has 24 heavy (non-hydrogen) atoms. The van der Waals surface area contributed by atoms with Gasteiger partial charge >= 0.3 is 0 Å². The Kier molecular flexibility index (Phi) is 4.73. The molecule has 0 fully saturated rings. The molecule has 4 nitrogen and oxygen atoms in total. The zero-order valence-electron chi connectivity index (χ0n) is 13.3. The Hall–Kier alpha value is -3.32. The molecule has 118 valence electrons. The third-order valence-corrected chi connectivity index (χ3v) is 3.48. The second-order valence-electron chi connectivity index (χ2n) is 5.24. The van der Waals surface area contributed by atoms with E-state index in [1.807, 2.05) is 54.6 Å². The van der Waals surface area contributed by atoms with Crippen LogP contribution < -0.4 is 9.47 Å². The number of aryl methyl sites for hydroxylation is 1. The first-order valence-electron chi connectivity index (χ1n) is 7.57. The second-order valence-corrected chi connectivity index (χ2v) is 5.24. The quantitative estimate of drug-likeness (QED) is 0.688. The fraction of sp³-hybridized carbons (Fsp3) is 0.100. The van der Waals surface area contributed by atoms with Crippen LogP contribution in [-0.4, -0.2) is 4.98 Å². The van der Waals surface area contributed by atoms with Gasteiger partial charge in [-0.1, -0.05) is 30.3 Å². The van der Waals surface area contributed by atoms with Gasteiger partial charge in [0.15, 0.2) is 0 Å². The molecule has 0 amide bonds. The first-order valence-corrected chi connectivity index (χ1v) is 7.57. The highest BCUT2D eigenvalue weighted by Crippen LogP contribution is 2.23. The molecule has 0 spiro atoms. The van der Waals surface area contributed by atoms with Crippen LogP contribution in [0.4, 0.5) is 0 Å². The minimum atomic E-state index is 0.462. The smallest absolute Gasteiger partial charge is 0.219 e. The van der Waals surface area contributed by atoms with Gasteiger partial charge in [0.1, 0.15) is 24.2 Å². The number of hydrogen-bond acceptors (Lipinski definition) is 4. The monoisotopic (exact) mass is 316 g/mol. The maximum atomic E-state index is 8.92. The third-order valence-electron chi connectivity index (χ3n) is 3.48. The lowest BCUT2D eigenvalue weighted by Crippen LogP contribution is -1.95. The van der Waals surface area contributed by atoms with Crippen molar-refractivity contribution in [2.75, 3.05) is 0 Å². The van der Waals surface area contributed by atoms with Crippen molar-refractivity contribution in [2.24, 2.45) is 0 Å². The molecule has 3 aromatic rings. The van der Waals surface area contributed by atoms with Gasteiger partial charge in [0.2, 0.25) is 5.88 Å². The van der Waals surface area contributed by atoms with E-state index in [2.05, 4.69) is 11.1 Å². The fourth-order valence-corrected chi connectivity index (χ4v) is 2.18. The predicted molar refractivity (Wildman–Crippen MR) is 91.0 cm³/mol. The number of hydrogen-bond donors (Lipinski definition) is 0. The topological polar surface area (TPSA) is 55.1 Å². The van der Waals surface area contributed by atoms with Crippen LogP contribution in [0.3, 0.4) is 0 Å². The van der Waals surface area contributed by atoms with Crippen LogP contribution in [0, 0.1) is 18.3 Å². The van der Waals surface area contributed by atoms with E-state index in [0.717, 1.165) is 11.3 Å². The van der Waals surface area contributed by atoms with Crippen LogP contribution in [0.2, 0.25) is 0 Å². The minimum absolute atomic E-state index is 0.462. The highest BCUT2D eigenvalue weighted by Gasteiger charge is 2.04. The SMILES string of the molecule is Cc1nc(Oc2ccc(OCc3ccccc3)cc2)ccc1C#N. The predicted octanol–water partition coefficient (Wildman–Crippen LogP) is 4.63. The van der Waals surface area contributed by atoms with Gasteiger partial charge in [-0.05, 0) is 42.8 Å². The van der Waals surface area contributed by atoms with Gasteiger partial charge in [-0.2, -0.15) is 5.26 Å². The fourth-order valence-electron chi connectivity index (χ4n) is 2.18. The molecule has 0 N–H and O–H groups in total. The first kappa shape index (κ1) is 15.6. The van der Waals surface area contributed by atoms with Gasteiger partial charge in [0.05, 0.1) is 11.3 Å². The lowest BCUT2D eigenvalue weighted by Gasteiger charge is -2.09. The molecule has 0 radical (unpaired) electrons. The third kappa shape index (κ3) is 3.90. The molecular weight excluding hydrogens is 300 g/mol. The van der Waals surface area contributed by atoms with Crippen molar-refractivity contribution in [3.8, 4) is 23.4 Å². The molecule has 0 bridgehead atoms. The summed E-state index contributed by atoms with van der Waals surface area (Å²) >= 11 is 0. The van der Waals surface area contributed by atoms with E-state index in [-0.39, 0.29) is 0 Å². The molecule has 1 aromatic heterocycles. The van der Waals surface area contributed by atoms with Crippen LogP contribution in [0.5, 0.6) is 17.4 Å². The van der Waals surface area contributed by atoms with Crippen molar-refractivity contribution in [1.29, 1.82) is 5.26 Å². The summed E-state index contributed by atoms with van der Waals surface area (Å²) in [4.78, 5) is 4.26. The maximum absolute atomic E-state index is 8.92. The number of benzene rings is 2. The highest BCUT2D eigenvalue weighted by atomic mass is 16.5. The Labute approximate surface area is 140 Å². The van der Waals surface area contributed by atoms with Crippen LogP contribution in [0.25, 0.3) is 0 Å². The van der Waals surface area contributed by atoms with Gasteiger partial charge in [-0.25, -0.2) is 4.98 Å². The molecule has 0 unspecified atom stereocenters. The maximum Gasteiger partial charge on any atom is 0.219 e. The van der Waals surface area contributed by atoms with Gasteiger partial charge < -0.3 is 9.47 Å². The van der Waals surface area contributed by atoms with Crippen molar-refractivity contribution < 1.29 is 9.47 Å². The van der Waals surface area contributed by atoms with Gasteiger partial charge in [0, 0.05) is 6.07 Å². The normalized spacial score (nSPS) is 10.0. The van der Waals surface area contributed by atoms with Gasteiger partial charge in [0.25, 0.3) is 0 Å². The summed E-state index contributed by atoms with van der Waals surface area (Å²) in [6, 6.07) is 22.9. The van der Waals surface area contributed by atoms with Gasteiger partial charge in [-0.15, -0.1) is 0 Å². The number of aromatic nitrogens is 1. The van der Waals surface area contributed by atoms with Crippen LogP contribution in [-0.2, 0) is 6.61 Å². The van der Waals surface area contributed by atoms with Crippen molar-refractivity contribution in [1.82, 2.24) is 4.98 Å². The summed E-state index contributed by atoms with van der Waals surface area (Å²) < 4.78 is 11.4. The summed E-state index contributed by atoms with van der Waals surface area (Å²) in [6.07, 6.45) is 0. The molecular formula is C20H16N2O2. The zero-order valence-corrected chi connectivity index (χ0v) is 13.3. The van der Waals surface area contributed by atoms with E-state index < -0.39 is 0 Å². The molecule has 2 aromatic carbocycles. The molecule has 0 aliphatic rings. The van der Waals surface area contributed by atoms with Crippen LogP contribution in [0.1, 0.15) is 16.8 Å². The second kappa shape index (κ2) is 7.30. The Bertz CT molecular complexity index is 853. The van der Waals surface area contributed by atoms with E-state index in [0.29, 0.717) is 29.5 Å². The van der Waals surface area contributed by atoms with Crippen LogP contribution >= 0.6 is 0 Å². The number of pyridine rings is 1. The molecule has 1 heterocycles. The van der Waals surface area contributed by atoms with Crippen molar-refractivity contribution >= 4 is 0 Å². The number of nitriles is 1. The van der Waals surface area contributed by atoms with Gasteiger partial charge in [-0.3, -0.25) is 0 Å².